The Hall–Kier alpha value is -1.82. The van der Waals surface area contributed by atoms with Crippen molar-refractivity contribution >= 4 is 11.4 Å². The van der Waals surface area contributed by atoms with Crippen LogP contribution in [0.15, 0.2) is 18.2 Å². The molecule has 0 aliphatic carbocycles. The first-order valence-electron chi connectivity index (χ1n) is 7.09. The normalized spacial score (nSPS) is 11.2. The van der Waals surface area contributed by atoms with Crippen molar-refractivity contribution in [2.75, 3.05) is 25.6 Å². The van der Waals surface area contributed by atoms with Gasteiger partial charge in [-0.15, -0.1) is 0 Å². The zero-order valence-corrected chi connectivity index (χ0v) is 13.1. The van der Waals surface area contributed by atoms with Crippen molar-refractivity contribution in [2.24, 2.45) is 0 Å². The van der Waals surface area contributed by atoms with Gasteiger partial charge in [0.15, 0.2) is 0 Å². The van der Waals surface area contributed by atoms with Crippen molar-refractivity contribution < 1.29 is 14.4 Å². The number of hydrogen-bond donors (Lipinski definition) is 1. The van der Waals surface area contributed by atoms with Crippen LogP contribution < -0.4 is 10.1 Å². The lowest BCUT2D eigenvalue weighted by atomic mass is 10.1. The van der Waals surface area contributed by atoms with Gasteiger partial charge in [0.05, 0.1) is 23.2 Å². The number of non-ortho nitro benzene ring substituents is 1. The number of nitro benzene ring substituents is 1. The Labute approximate surface area is 125 Å². The van der Waals surface area contributed by atoms with Gasteiger partial charge in [-0.25, -0.2) is 0 Å². The van der Waals surface area contributed by atoms with Crippen LogP contribution in [0.25, 0.3) is 0 Å². The molecule has 0 aliphatic rings. The summed E-state index contributed by atoms with van der Waals surface area (Å²) < 4.78 is 10.9. The van der Waals surface area contributed by atoms with Gasteiger partial charge in [-0.1, -0.05) is 6.92 Å². The van der Waals surface area contributed by atoms with Gasteiger partial charge in [-0.05, 0) is 20.3 Å². The number of rotatable bonds is 9. The van der Waals surface area contributed by atoms with E-state index in [4.69, 9.17) is 9.47 Å². The maximum atomic E-state index is 11.0. The van der Waals surface area contributed by atoms with E-state index in [1.165, 1.54) is 12.1 Å². The van der Waals surface area contributed by atoms with Crippen molar-refractivity contribution in [1.29, 1.82) is 0 Å². The SMILES string of the molecule is CCCNc1cc(OCCC(C)(C)OC)cc([N+](=O)[O-])c1. The molecule has 6 heteroatoms. The summed E-state index contributed by atoms with van der Waals surface area (Å²) in [5.74, 6) is 0.495. The highest BCUT2D eigenvalue weighted by atomic mass is 16.6. The fourth-order valence-electron chi connectivity index (χ4n) is 1.66. The van der Waals surface area contributed by atoms with Gasteiger partial charge in [0.25, 0.3) is 5.69 Å². The van der Waals surface area contributed by atoms with Gasteiger partial charge < -0.3 is 14.8 Å². The van der Waals surface area contributed by atoms with E-state index in [0.29, 0.717) is 24.5 Å². The van der Waals surface area contributed by atoms with Gasteiger partial charge in [0.1, 0.15) is 5.75 Å². The summed E-state index contributed by atoms with van der Waals surface area (Å²) in [6.45, 7) is 7.18. The Kier molecular flexibility index (Phi) is 6.42. The van der Waals surface area contributed by atoms with E-state index in [-0.39, 0.29) is 11.3 Å². The number of nitrogens with one attached hydrogen (secondary N) is 1. The minimum atomic E-state index is -0.414. The number of methoxy groups -OCH3 is 1. The first kappa shape index (κ1) is 17.2. The van der Waals surface area contributed by atoms with Crippen molar-refractivity contribution in [2.45, 2.75) is 39.2 Å². The van der Waals surface area contributed by atoms with E-state index in [1.54, 1.807) is 13.2 Å². The fraction of sp³-hybridized carbons (Fsp3) is 0.600. The third kappa shape index (κ3) is 5.99. The number of hydrogen-bond acceptors (Lipinski definition) is 5. The van der Waals surface area contributed by atoms with Crippen LogP contribution in [0, 0.1) is 10.1 Å². The zero-order chi connectivity index (χ0) is 15.9. The Balaban J connectivity index is 2.75. The molecule has 1 N–H and O–H groups in total. The molecule has 1 aromatic rings. The van der Waals surface area contributed by atoms with Crippen molar-refractivity contribution in [3.63, 3.8) is 0 Å². The summed E-state index contributed by atoms with van der Waals surface area (Å²) in [5, 5.41) is 14.1. The van der Waals surface area contributed by atoms with E-state index in [2.05, 4.69) is 5.32 Å². The Morgan fingerprint density at radius 2 is 2.05 bits per heavy atom. The second-order valence-corrected chi connectivity index (χ2v) is 5.46. The van der Waals surface area contributed by atoms with Gasteiger partial charge in [0, 0.05) is 37.9 Å². The van der Waals surface area contributed by atoms with Crippen LogP contribution in [0.3, 0.4) is 0 Å². The van der Waals surface area contributed by atoms with Gasteiger partial charge in [-0.2, -0.15) is 0 Å². The van der Waals surface area contributed by atoms with Gasteiger partial charge in [0.2, 0.25) is 0 Å². The molecule has 1 rings (SSSR count). The molecule has 0 bridgehead atoms. The number of anilines is 1. The lowest BCUT2D eigenvalue weighted by Crippen LogP contribution is -2.25. The van der Waals surface area contributed by atoms with Crippen molar-refractivity contribution in [1.82, 2.24) is 0 Å². The molecule has 0 radical (unpaired) electrons. The Morgan fingerprint density at radius 1 is 1.33 bits per heavy atom. The third-order valence-corrected chi connectivity index (χ3v) is 3.21. The summed E-state index contributed by atoms with van der Waals surface area (Å²) in [5.41, 5.74) is 0.452. The Bertz CT molecular complexity index is 475. The minimum Gasteiger partial charge on any atom is -0.493 e. The quantitative estimate of drug-likeness (QED) is 0.556. The molecular weight excluding hydrogens is 272 g/mol. The van der Waals surface area contributed by atoms with Crippen LogP contribution in [-0.2, 0) is 4.74 Å². The predicted molar refractivity (Wildman–Crippen MR) is 83.1 cm³/mol. The standard InChI is InChI=1S/C15H24N2O4/c1-5-7-16-12-9-13(17(18)19)11-14(10-12)21-8-6-15(2,3)20-4/h9-11,16H,5-8H2,1-4H3. The predicted octanol–water partition coefficient (Wildman–Crippen LogP) is 3.61. The van der Waals surface area contributed by atoms with E-state index in [9.17, 15) is 10.1 Å². The van der Waals surface area contributed by atoms with E-state index in [1.807, 2.05) is 20.8 Å². The summed E-state index contributed by atoms with van der Waals surface area (Å²) in [6, 6.07) is 4.74. The van der Waals surface area contributed by atoms with Crippen LogP contribution in [0.5, 0.6) is 5.75 Å². The highest BCUT2D eigenvalue weighted by Crippen LogP contribution is 2.26. The summed E-state index contributed by atoms with van der Waals surface area (Å²) >= 11 is 0. The number of nitro groups is 1. The molecule has 0 fully saturated rings. The van der Waals surface area contributed by atoms with E-state index >= 15 is 0 Å². The molecule has 0 saturated heterocycles. The summed E-state index contributed by atoms with van der Waals surface area (Å²) in [6.07, 6.45) is 1.64. The highest BCUT2D eigenvalue weighted by Gasteiger charge is 2.17. The number of benzene rings is 1. The maximum Gasteiger partial charge on any atom is 0.275 e. The second-order valence-electron chi connectivity index (χ2n) is 5.46. The monoisotopic (exact) mass is 296 g/mol. The van der Waals surface area contributed by atoms with Crippen LogP contribution in [0.2, 0.25) is 0 Å². The third-order valence-electron chi connectivity index (χ3n) is 3.21. The lowest BCUT2D eigenvalue weighted by molar-refractivity contribution is -0.384. The second kappa shape index (κ2) is 7.83. The smallest absolute Gasteiger partial charge is 0.275 e. The molecule has 0 saturated carbocycles. The lowest BCUT2D eigenvalue weighted by Gasteiger charge is -2.22. The zero-order valence-electron chi connectivity index (χ0n) is 13.1. The Morgan fingerprint density at radius 3 is 2.62 bits per heavy atom. The van der Waals surface area contributed by atoms with Crippen LogP contribution in [0.1, 0.15) is 33.6 Å². The molecule has 6 nitrogen and oxygen atoms in total. The van der Waals surface area contributed by atoms with Crippen LogP contribution >= 0.6 is 0 Å². The minimum absolute atomic E-state index is 0.0251. The molecule has 0 unspecified atom stereocenters. The first-order valence-corrected chi connectivity index (χ1v) is 7.09. The first-order chi connectivity index (χ1) is 9.88. The molecule has 0 spiro atoms. The molecule has 0 heterocycles. The van der Waals surface area contributed by atoms with Gasteiger partial charge in [-0.3, -0.25) is 10.1 Å². The number of nitrogens with zero attached hydrogens (tertiary/aromatic N) is 1. The molecular formula is C15H24N2O4. The van der Waals surface area contributed by atoms with Crippen molar-refractivity contribution in [3.05, 3.63) is 28.3 Å². The van der Waals surface area contributed by atoms with Crippen LogP contribution in [0.4, 0.5) is 11.4 Å². The molecule has 0 aliphatic heterocycles. The number of ether oxygens (including phenoxy) is 2. The van der Waals surface area contributed by atoms with Crippen molar-refractivity contribution in [3.8, 4) is 5.75 Å². The average molecular weight is 296 g/mol. The molecule has 0 aromatic heterocycles. The topological polar surface area (TPSA) is 73.6 Å². The maximum absolute atomic E-state index is 11.0. The van der Waals surface area contributed by atoms with Crippen LogP contribution in [-0.4, -0.2) is 30.8 Å². The van der Waals surface area contributed by atoms with Gasteiger partial charge >= 0.3 is 0 Å². The molecule has 0 amide bonds. The molecule has 21 heavy (non-hydrogen) atoms. The molecule has 118 valence electrons. The fourth-order valence-corrected chi connectivity index (χ4v) is 1.66. The van der Waals surface area contributed by atoms with E-state index in [0.717, 1.165) is 13.0 Å². The molecule has 0 atom stereocenters. The van der Waals surface area contributed by atoms with E-state index < -0.39 is 4.92 Å². The highest BCUT2D eigenvalue weighted by molar-refractivity contribution is 5.56. The summed E-state index contributed by atoms with van der Waals surface area (Å²) in [4.78, 5) is 10.5. The summed E-state index contributed by atoms with van der Waals surface area (Å²) in [7, 11) is 1.65. The molecule has 1 aromatic carbocycles. The average Bonchev–Trinajstić information content (AvgIpc) is 2.44. The largest absolute Gasteiger partial charge is 0.493 e.